The van der Waals surface area contributed by atoms with Crippen LogP contribution in [0.2, 0.25) is 0 Å². The summed E-state index contributed by atoms with van der Waals surface area (Å²) in [6.45, 7) is 2.05. The minimum atomic E-state index is -4.38. The van der Waals surface area contributed by atoms with Crippen LogP contribution < -0.4 is 5.32 Å². The zero-order valence-electron chi connectivity index (χ0n) is 11.9. The summed E-state index contributed by atoms with van der Waals surface area (Å²) >= 11 is 0. The highest BCUT2D eigenvalue weighted by Crippen LogP contribution is 2.36. The summed E-state index contributed by atoms with van der Waals surface area (Å²) in [7, 11) is 1.88. The van der Waals surface area contributed by atoms with Crippen molar-refractivity contribution in [2.75, 3.05) is 7.05 Å². The van der Waals surface area contributed by atoms with Crippen LogP contribution >= 0.6 is 0 Å². The van der Waals surface area contributed by atoms with Crippen molar-refractivity contribution >= 4 is 0 Å². The predicted octanol–water partition coefficient (Wildman–Crippen LogP) is 3.92. The van der Waals surface area contributed by atoms with E-state index in [1.165, 1.54) is 6.20 Å². The number of nitrogens with zero attached hydrogens (tertiary/aromatic N) is 1. The van der Waals surface area contributed by atoms with Crippen molar-refractivity contribution in [3.8, 4) is 11.1 Å². The Hall–Kier alpha value is -1.88. The Morgan fingerprint density at radius 3 is 2.38 bits per heavy atom. The lowest BCUT2D eigenvalue weighted by atomic mass is 9.99. The van der Waals surface area contributed by atoms with Gasteiger partial charge in [0, 0.05) is 24.0 Å². The monoisotopic (exact) mass is 294 g/mol. The van der Waals surface area contributed by atoms with Crippen LogP contribution in [-0.2, 0) is 12.6 Å². The smallest absolute Gasteiger partial charge is 0.317 e. The normalized spacial score (nSPS) is 13.2. The minimum absolute atomic E-state index is 0.109. The van der Waals surface area contributed by atoms with Crippen molar-refractivity contribution < 1.29 is 13.2 Å². The number of likely N-dealkylation sites (N-methyl/N-ethyl adjacent to an activating group) is 1. The summed E-state index contributed by atoms with van der Waals surface area (Å²) < 4.78 is 39.0. The first kappa shape index (κ1) is 15.5. The van der Waals surface area contributed by atoms with Crippen molar-refractivity contribution in [3.05, 3.63) is 53.9 Å². The molecule has 0 amide bonds. The fraction of sp³-hybridized carbons (Fsp3) is 0.312. The summed E-state index contributed by atoms with van der Waals surface area (Å²) in [6, 6.07) is 8.47. The van der Waals surface area contributed by atoms with Crippen molar-refractivity contribution in [3.63, 3.8) is 0 Å². The molecule has 112 valence electrons. The van der Waals surface area contributed by atoms with E-state index in [9.17, 15) is 13.2 Å². The Morgan fingerprint density at radius 2 is 1.81 bits per heavy atom. The Labute approximate surface area is 122 Å². The molecule has 0 aliphatic rings. The van der Waals surface area contributed by atoms with Crippen molar-refractivity contribution in [2.45, 2.75) is 25.6 Å². The molecule has 1 unspecified atom stereocenters. The van der Waals surface area contributed by atoms with Crippen molar-refractivity contribution in [1.29, 1.82) is 0 Å². The Morgan fingerprint density at radius 1 is 1.14 bits per heavy atom. The largest absolute Gasteiger partial charge is 0.417 e. The van der Waals surface area contributed by atoms with E-state index in [-0.39, 0.29) is 5.56 Å². The molecule has 1 heterocycles. The number of pyridine rings is 1. The Balaban J connectivity index is 2.31. The first-order valence-corrected chi connectivity index (χ1v) is 6.69. The van der Waals surface area contributed by atoms with E-state index in [1.807, 2.05) is 19.2 Å². The summed E-state index contributed by atoms with van der Waals surface area (Å²) in [5.41, 5.74) is 1.06. The maximum atomic E-state index is 13.0. The molecule has 2 nitrogen and oxygen atoms in total. The van der Waals surface area contributed by atoms with Gasteiger partial charge in [0.15, 0.2) is 0 Å². The molecule has 0 bridgehead atoms. The van der Waals surface area contributed by atoms with Gasteiger partial charge in [-0.05, 0) is 37.6 Å². The molecule has 1 aromatic heterocycles. The lowest BCUT2D eigenvalue weighted by Gasteiger charge is -2.13. The summed E-state index contributed by atoms with van der Waals surface area (Å²) in [5.74, 6) is 0. The Bertz CT molecular complexity index is 591. The number of halogens is 3. The van der Waals surface area contributed by atoms with Gasteiger partial charge in [0.2, 0.25) is 0 Å². The summed E-state index contributed by atoms with van der Waals surface area (Å²) in [4.78, 5) is 3.81. The average molecular weight is 294 g/mol. The third kappa shape index (κ3) is 3.82. The molecule has 2 rings (SSSR count). The van der Waals surface area contributed by atoms with Gasteiger partial charge in [0.1, 0.15) is 0 Å². The molecule has 5 heteroatoms. The number of hydrogen-bond donors (Lipinski definition) is 1. The second-order valence-electron chi connectivity index (χ2n) is 5.01. The highest BCUT2D eigenvalue weighted by molar-refractivity contribution is 5.67. The van der Waals surface area contributed by atoms with Gasteiger partial charge in [-0.2, -0.15) is 13.2 Å². The highest BCUT2D eigenvalue weighted by Gasteiger charge is 2.33. The lowest BCUT2D eigenvalue weighted by Crippen LogP contribution is -2.23. The number of aromatic nitrogens is 1. The van der Waals surface area contributed by atoms with Crippen LogP contribution in [0, 0.1) is 0 Å². The van der Waals surface area contributed by atoms with Crippen LogP contribution in [0.4, 0.5) is 13.2 Å². The van der Waals surface area contributed by atoms with Crippen LogP contribution in [0.25, 0.3) is 11.1 Å². The van der Waals surface area contributed by atoms with E-state index in [1.54, 1.807) is 12.1 Å². The molecule has 0 saturated carbocycles. The van der Waals surface area contributed by atoms with E-state index in [2.05, 4.69) is 17.2 Å². The van der Waals surface area contributed by atoms with Gasteiger partial charge in [-0.3, -0.25) is 4.98 Å². The SMILES string of the molecule is CNC(C)Cc1ccc(-c2cnccc2C(F)(F)F)cc1. The summed E-state index contributed by atoms with van der Waals surface area (Å²) in [5, 5.41) is 3.13. The van der Waals surface area contributed by atoms with Crippen LogP contribution in [0.15, 0.2) is 42.7 Å². The number of hydrogen-bond acceptors (Lipinski definition) is 2. The van der Waals surface area contributed by atoms with Crippen LogP contribution in [0.5, 0.6) is 0 Å². The Kier molecular flexibility index (Phi) is 4.63. The topological polar surface area (TPSA) is 24.9 Å². The van der Waals surface area contributed by atoms with Crippen LogP contribution in [0.1, 0.15) is 18.1 Å². The van der Waals surface area contributed by atoms with Gasteiger partial charge in [-0.1, -0.05) is 24.3 Å². The van der Waals surface area contributed by atoms with E-state index >= 15 is 0 Å². The van der Waals surface area contributed by atoms with Gasteiger partial charge in [0.05, 0.1) is 5.56 Å². The third-order valence-corrected chi connectivity index (χ3v) is 3.43. The second kappa shape index (κ2) is 6.26. The first-order valence-electron chi connectivity index (χ1n) is 6.69. The fourth-order valence-corrected chi connectivity index (χ4v) is 2.15. The molecule has 1 atom stereocenters. The standard InChI is InChI=1S/C16H17F3N2/c1-11(20-2)9-12-3-5-13(6-4-12)14-10-21-8-7-15(14)16(17,18)19/h3-8,10-11,20H,9H2,1-2H3. The average Bonchev–Trinajstić information content (AvgIpc) is 2.47. The number of nitrogens with one attached hydrogen (secondary N) is 1. The first-order chi connectivity index (χ1) is 9.91. The molecule has 1 N–H and O–H groups in total. The highest BCUT2D eigenvalue weighted by atomic mass is 19.4. The fourth-order valence-electron chi connectivity index (χ4n) is 2.15. The molecular formula is C16H17F3N2. The van der Waals surface area contributed by atoms with E-state index < -0.39 is 11.7 Å². The van der Waals surface area contributed by atoms with Crippen LogP contribution in [-0.4, -0.2) is 18.1 Å². The molecular weight excluding hydrogens is 277 g/mol. The zero-order valence-corrected chi connectivity index (χ0v) is 11.9. The lowest BCUT2D eigenvalue weighted by molar-refractivity contribution is -0.137. The van der Waals surface area contributed by atoms with Gasteiger partial charge in [-0.15, -0.1) is 0 Å². The molecule has 0 radical (unpaired) electrons. The molecule has 0 aliphatic heterocycles. The molecule has 0 saturated heterocycles. The van der Waals surface area contributed by atoms with Gasteiger partial charge in [0.25, 0.3) is 0 Å². The van der Waals surface area contributed by atoms with E-state index in [0.717, 1.165) is 24.2 Å². The molecule has 0 fully saturated rings. The number of rotatable bonds is 4. The molecule has 0 spiro atoms. The van der Waals surface area contributed by atoms with Gasteiger partial charge in [-0.25, -0.2) is 0 Å². The minimum Gasteiger partial charge on any atom is -0.317 e. The van der Waals surface area contributed by atoms with Gasteiger partial charge < -0.3 is 5.32 Å². The quantitative estimate of drug-likeness (QED) is 0.924. The zero-order chi connectivity index (χ0) is 15.5. The number of alkyl halides is 3. The van der Waals surface area contributed by atoms with E-state index in [4.69, 9.17) is 0 Å². The van der Waals surface area contributed by atoms with Crippen molar-refractivity contribution in [2.24, 2.45) is 0 Å². The van der Waals surface area contributed by atoms with Gasteiger partial charge >= 0.3 is 6.18 Å². The predicted molar refractivity (Wildman–Crippen MR) is 76.9 cm³/mol. The van der Waals surface area contributed by atoms with Crippen LogP contribution in [0.3, 0.4) is 0 Å². The van der Waals surface area contributed by atoms with E-state index in [0.29, 0.717) is 11.6 Å². The van der Waals surface area contributed by atoms with Crippen molar-refractivity contribution in [1.82, 2.24) is 10.3 Å². The molecule has 21 heavy (non-hydrogen) atoms. The molecule has 2 aromatic rings. The maximum absolute atomic E-state index is 13.0. The summed E-state index contributed by atoms with van der Waals surface area (Å²) in [6.07, 6.45) is -1.13. The maximum Gasteiger partial charge on any atom is 0.417 e. The second-order valence-corrected chi connectivity index (χ2v) is 5.01. The number of benzene rings is 1. The molecule has 1 aromatic carbocycles. The third-order valence-electron chi connectivity index (χ3n) is 3.43. The molecule has 0 aliphatic carbocycles.